The van der Waals surface area contributed by atoms with Gasteiger partial charge in [-0.05, 0) is 68.7 Å². The number of sulfonamides is 1. The number of piperidine rings is 1. The molecule has 2 heterocycles. The molecule has 2 aliphatic heterocycles. The Morgan fingerprint density at radius 2 is 1.59 bits per heavy atom. The molecule has 7 nitrogen and oxygen atoms in total. The molecule has 1 amide bonds. The van der Waals surface area contributed by atoms with Crippen LogP contribution in [-0.2, 0) is 25.6 Å². The van der Waals surface area contributed by atoms with E-state index >= 15 is 8.78 Å². The van der Waals surface area contributed by atoms with Crippen molar-refractivity contribution in [2.45, 2.75) is 86.4 Å². The molecule has 212 valence electrons. The molecule has 39 heavy (non-hydrogen) atoms. The molecule has 4 atom stereocenters. The second-order valence-corrected chi connectivity index (χ2v) is 13.6. The van der Waals surface area contributed by atoms with Gasteiger partial charge in [-0.2, -0.15) is 0 Å². The molecule has 0 aromatic heterocycles. The van der Waals surface area contributed by atoms with Crippen LogP contribution in [0.4, 0.5) is 8.78 Å². The average Bonchev–Trinajstić information content (AvgIpc) is 3.53. The number of nitrogens with one attached hydrogen (secondary N) is 1. The van der Waals surface area contributed by atoms with E-state index in [9.17, 15) is 13.2 Å². The van der Waals surface area contributed by atoms with E-state index in [-0.39, 0.29) is 28.6 Å². The first-order chi connectivity index (χ1) is 18.6. The van der Waals surface area contributed by atoms with Crippen molar-refractivity contribution in [3.8, 4) is 0 Å². The molecule has 1 aliphatic carbocycles. The molecular weight excluding hydrogens is 592 g/mol. The third-order valence-corrected chi connectivity index (χ3v) is 10.2. The Morgan fingerprint density at radius 3 is 2.18 bits per heavy atom. The van der Waals surface area contributed by atoms with Crippen molar-refractivity contribution >= 4 is 31.9 Å². The molecule has 2 aromatic rings. The van der Waals surface area contributed by atoms with E-state index in [1.54, 1.807) is 23.1 Å². The minimum Gasteiger partial charge on any atom is -0.336 e. The van der Waals surface area contributed by atoms with Gasteiger partial charge in [0.25, 0.3) is 15.9 Å². The quantitative estimate of drug-likeness (QED) is 0.377. The van der Waals surface area contributed by atoms with Crippen molar-refractivity contribution in [3.63, 3.8) is 0 Å². The van der Waals surface area contributed by atoms with E-state index in [1.165, 1.54) is 36.4 Å². The van der Waals surface area contributed by atoms with Gasteiger partial charge in [-0.3, -0.25) is 9.63 Å². The van der Waals surface area contributed by atoms with Gasteiger partial charge in [-0.15, -0.1) is 0 Å². The Labute approximate surface area is 236 Å². The Bertz CT molecular complexity index is 1250. The van der Waals surface area contributed by atoms with Gasteiger partial charge in [0.05, 0.1) is 4.90 Å². The second kappa shape index (κ2) is 11.5. The highest BCUT2D eigenvalue weighted by atomic mass is 79.9. The van der Waals surface area contributed by atoms with Gasteiger partial charge in [0.15, 0.2) is 0 Å². The van der Waals surface area contributed by atoms with E-state index in [2.05, 4.69) is 20.8 Å². The summed E-state index contributed by atoms with van der Waals surface area (Å²) in [5, 5.41) is 0. The first-order valence-electron chi connectivity index (χ1n) is 13.5. The van der Waals surface area contributed by atoms with Gasteiger partial charge in [-0.1, -0.05) is 64.0 Å². The maximum atomic E-state index is 16.6. The fraction of sp³-hybridized carbons (Fsp3) is 0.536. The van der Waals surface area contributed by atoms with Crippen LogP contribution in [0.5, 0.6) is 0 Å². The van der Waals surface area contributed by atoms with E-state index in [4.69, 9.17) is 10.6 Å². The van der Waals surface area contributed by atoms with Crippen molar-refractivity contribution in [1.82, 2.24) is 9.79 Å². The number of nitrogens with zero attached hydrogens (tertiary/aromatic N) is 1. The average molecular weight is 627 g/mol. The molecule has 1 unspecified atom stereocenters. The SMILES string of the molecule is NC1C[C@@H]2CC[C@@H](C1)N2C(=O)[C@H](C(ONS(=O)(=O)c1ccccc1)C1CCCC1)C(F)(F)c1ccc(Br)cc1. The van der Waals surface area contributed by atoms with Crippen molar-refractivity contribution in [1.29, 1.82) is 0 Å². The van der Waals surface area contributed by atoms with E-state index < -0.39 is 39.8 Å². The predicted octanol–water partition coefficient (Wildman–Crippen LogP) is 5.11. The van der Waals surface area contributed by atoms with Crippen LogP contribution in [-0.4, -0.2) is 43.5 Å². The number of hydrogen-bond donors (Lipinski definition) is 2. The van der Waals surface area contributed by atoms with Crippen molar-refractivity contribution < 1.29 is 26.8 Å². The summed E-state index contributed by atoms with van der Waals surface area (Å²) in [4.78, 5) is 23.7. The molecule has 2 bridgehead atoms. The lowest BCUT2D eigenvalue weighted by Crippen LogP contribution is -2.58. The number of carbonyl (C=O) groups excluding carboxylic acids is 1. The lowest BCUT2D eigenvalue weighted by Gasteiger charge is -2.43. The smallest absolute Gasteiger partial charge is 0.287 e. The zero-order valence-electron chi connectivity index (χ0n) is 21.5. The Morgan fingerprint density at radius 1 is 1.00 bits per heavy atom. The number of alkyl halides is 2. The second-order valence-electron chi connectivity index (χ2n) is 11.0. The van der Waals surface area contributed by atoms with Crippen LogP contribution in [0.1, 0.15) is 56.9 Å². The highest BCUT2D eigenvalue weighted by Gasteiger charge is 2.57. The molecule has 0 radical (unpaired) electrons. The van der Waals surface area contributed by atoms with Crippen LogP contribution in [0.25, 0.3) is 0 Å². The number of fused-ring (bicyclic) bond motifs is 2. The lowest BCUT2D eigenvalue weighted by molar-refractivity contribution is -0.184. The lowest BCUT2D eigenvalue weighted by atomic mass is 9.80. The summed E-state index contributed by atoms with van der Waals surface area (Å²) in [6, 6.07) is 12.7. The maximum absolute atomic E-state index is 16.6. The Balaban J connectivity index is 1.53. The number of hydrogen-bond acceptors (Lipinski definition) is 5. The molecule has 5 rings (SSSR count). The topological polar surface area (TPSA) is 102 Å². The largest absolute Gasteiger partial charge is 0.336 e. The fourth-order valence-corrected chi connectivity index (χ4v) is 7.70. The van der Waals surface area contributed by atoms with Gasteiger partial charge in [-0.25, -0.2) is 17.2 Å². The maximum Gasteiger partial charge on any atom is 0.287 e. The molecular formula is C28H34BrF2N3O4S. The van der Waals surface area contributed by atoms with Gasteiger partial charge in [0.2, 0.25) is 5.91 Å². The Kier molecular flexibility index (Phi) is 8.45. The molecule has 2 aromatic carbocycles. The van der Waals surface area contributed by atoms with Crippen LogP contribution in [0.3, 0.4) is 0 Å². The van der Waals surface area contributed by atoms with Gasteiger partial charge < -0.3 is 10.6 Å². The molecule has 3 aliphatic rings. The number of halogens is 3. The third kappa shape index (κ3) is 5.93. The first-order valence-corrected chi connectivity index (χ1v) is 15.8. The van der Waals surface area contributed by atoms with Crippen molar-refractivity contribution in [3.05, 3.63) is 64.6 Å². The summed E-state index contributed by atoms with van der Waals surface area (Å²) in [5.74, 6) is -6.65. The highest BCUT2D eigenvalue weighted by Crippen LogP contribution is 2.47. The monoisotopic (exact) mass is 625 g/mol. The summed E-state index contributed by atoms with van der Waals surface area (Å²) < 4.78 is 59.9. The molecule has 1 saturated carbocycles. The molecule has 3 fully saturated rings. The molecule has 11 heteroatoms. The summed E-state index contributed by atoms with van der Waals surface area (Å²) in [6.07, 6.45) is 3.92. The Hall–Kier alpha value is -1.92. The molecule has 3 N–H and O–H groups in total. The standard InChI is InChI=1S/C28H34BrF2N3O4S/c29-20-12-10-19(11-13-20)28(30,31)25(27(35)34-22-14-15-23(34)17-21(32)16-22)26(18-6-4-5-7-18)38-33-39(36,37)24-8-2-1-3-9-24/h1-3,8-13,18,21-23,25-26,33H,4-7,14-17,32H2/t22-,23-,25-,26?/m0/s1. The molecule has 0 spiro atoms. The first kappa shape index (κ1) is 28.6. The summed E-state index contributed by atoms with van der Waals surface area (Å²) in [6.45, 7) is 0. The predicted molar refractivity (Wildman–Crippen MR) is 146 cm³/mol. The van der Waals surface area contributed by atoms with Crippen molar-refractivity contribution in [2.75, 3.05) is 0 Å². The molecule has 2 saturated heterocycles. The zero-order valence-corrected chi connectivity index (χ0v) is 23.9. The van der Waals surface area contributed by atoms with Crippen LogP contribution in [0, 0.1) is 11.8 Å². The summed E-state index contributed by atoms with van der Waals surface area (Å²) in [7, 11) is -4.17. The number of carbonyl (C=O) groups is 1. The van der Waals surface area contributed by atoms with Crippen LogP contribution >= 0.6 is 15.9 Å². The van der Waals surface area contributed by atoms with E-state index in [0.717, 1.165) is 25.7 Å². The third-order valence-electron chi connectivity index (χ3n) is 8.45. The van der Waals surface area contributed by atoms with Crippen LogP contribution in [0.2, 0.25) is 0 Å². The minimum absolute atomic E-state index is 0.0548. The zero-order chi connectivity index (χ0) is 27.8. The normalized spacial score (nSPS) is 25.5. The summed E-state index contributed by atoms with van der Waals surface area (Å²) in [5.41, 5.74) is 5.89. The van der Waals surface area contributed by atoms with Crippen LogP contribution in [0.15, 0.2) is 64.0 Å². The van der Waals surface area contributed by atoms with Gasteiger partial charge in [0, 0.05) is 28.2 Å². The number of benzene rings is 2. The minimum atomic E-state index is -4.17. The van der Waals surface area contributed by atoms with E-state index in [1.807, 2.05) is 0 Å². The van der Waals surface area contributed by atoms with E-state index in [0.29, 0.717) is 30.2 Å². The highest BCUT2D eigenvalue weighted by molar-refractivity contribution is 9.10. The number of nitrogens with two attached hydrogens (primary N) is 1. The fourth-order valence-electron chi connectivity index (χ4n) is 6.58. The van der Waals surface area contributed by atoms with Gasteiger partial charge >= 0.3 is 0 Å². The number of amides is 1. The van der Waals surface area contributed by atoms with Crippen molar-refractivity contribution in [2.24, 2.45) is 17.6 Å². The number of rotatable bonds is 9. The van der Waals surface area contributed by atoms with Crippen LogP contribution < -0.4 is 10.6 Å². The van der Waals surface area contributed by atoms with Gasteiger partial charge in [0.1, 0.15) is 12.0 Å². The summed E-state index contributed by atoms with van der Waals surface area (Å²) >= 11 is 3.29.